The van der Waals surface area contributed by atoms with Gasteiger partial charge < -0.3 is 19.3 Å². The molecule has 1 aliphatic carbocycles. The number of benzene rings is 1. The summed E-state index contributed by atoms with van der Waals surface area (Å²) >= 11 is 0. The number of aromatic nitrogens is 2. The maximum Gasteiger partial charge on any atom is 0.238 e. The number of hydrogen-bond acceptors (Lipinski definition) is 6. The number of halogens is 1. The van der Waals surface area contributed by atoms with Crippen molar-refractivity contribution < 1.29 is 18.7 Å². The number of hydrogen-bond donors (Lipinski definition) is 0. The number of piperidine rings is 1. The number of carbonyl (C=O) groups excluding carboxylic acids is 1. The topological polar surface area (TPSA) is 67.8 Å². The first-order valence-electron chi connectivity index (χ1n) is 14.5. The zero-order valence-corrected chi connectivity index (χ0v) is 22.3. The zero-order valence-electron chi connectivity index (χ0n) is 22.3. The van der Waals surface area contributed by atoms with Crippen molar-refractivity contribution in [1.29, 1.82) is 0 Å². The Hall–Kier alpha value is -3.10. The standard InChI is InChI=1S/C31H35FN4O3/c32-25-18-26-24(29-27(20-33-26)36(22-6-7-22)30(37)31(29)9-15-38-16-10-31)17-23(25)21-5-8-28(34-19-21)39-14-4-13-35-11-2-1-3-12-35/h5,8,17-20,22H,1-4,6-7,9-16H2. The normalized spacial score (nSPS) is 21.1. The molecule has 7 rings (SSSR count). The van der Waals surface area contributed by atoms with Crippen LogP contribution in [0.1, 0.15) is 56.9 Å². The number of carbonyl (C=O) groups is 1. The number of likely N-dealkylation sites (tertiary alicyclic amines) is 1. The molecule has 8 heteroatoms. The van der Waals surface area contributed by atoms with Crippen LogP contribution < -0.4 is 9.64 Å². The number of anilines is 1. The SMILES string of the molecule is O=C1N(C2CC2)c2cnc3cc(F)c(-c4ccc(OCCCN5CCCCC5)nc4)cc3c2C12CCOCC2. The average Bonchev–Trinajstić information content (AvgIpc) is 3.78. The Kier molecular flexibility index (Phi) is 6.47. The van der Waals surface area contributed by atoms with E-state index in [0.29, 0.717) is 55.2 Å². The Morgan fingerprint density at radius 3 is 2.62 bits per heavy atom. The van der Waals surface area contributed by atoms with Crippen molar-refractivity contribution in [1.82, 2.24) is 14.9 Å². The van der Waals surface area contributed by atoms with E-state index in [4.69, 9.17) is 9.47 Å². The lowest BCUT2D eigenvalue weighted by Gasteiger charge is -2.33. The number of pyridine rings is 2. The molecule has 2 aromatic heterocycles. The van der Waals surface area contributed by atoms with Crippen LogP contribution in [0.5, 0.6) is 5.88 Å². The predicted octanol–water partition coefficient (Wildman–Crippen LogP) is 5.25. The molecule has 1 saturated carbocycles. The monoisotopic (exact) mass is 530 g/mol. The molecule has 3 aliphatic heterocycles. The van der Waals surface area contributed by atoms with Gasteiger partial charge in [-0.2, -0.15) is 0 Å². The number of amides is 1. The summed E-state index contributed by atoms with van der Waals surface area (Å²) in [5.74, 6) is 0.358. The third kappa shape index (κ3) is 4.47. The van der Waals surface area contributed by atoms with Gasteiger partial charge in [-0.25, -0.2) is 9.37 Å². The molecule has 0 atom stereocenters. The van der Waals surface area contributed by atoms with Crippen LogP contribution in [0.25, 0.3) is 22.0 Å². The fourth-order valence-corrected chi connectivity index (χ4v) is 6.71. The molecule has 3 aromatic rings. The first-order chi connectivity index (χ1) is 19.1. The molecular weight excluding hydrogens is 495 g/mol. The van der Waals surface area contributed by atoms with Gasteiger partial charge >= 0.3 is 0 Å². The highest BCUT2D eigenvalue weighted by Crippen LogP contribution is 2.53. The van der Waals surface area contributed by atoms with Gasteiger partial charge in [-0.1, -0.05) is 6.42 Å². The molecule has 5 heterocycles. The summed E-state index contributed by atoms with van der Waals surface area (Å²) in [7, 11) is 0. The largest absolute Gasteiger partial charge is 0.478 e. The number of fused-ring (bicyclic) bond motifs is 4. The molecular formula is C31H35FN4O3. The van der Waals surface area contributed by atoms with Crippen molar-refractivity contribution in [2.24, 2.45) is 0 Å². The molecule has 0 radical (unpaired) electrons. The quantitative estimate of drug-likeness (QED) is 0.389. The number of rotatable bonds is 7. The highest BCUT2D eigenvalue weighted by Gasteiger charge is 2.55. The van der Waals surface area contributed by atoms with E-state index >= 15 is 4.39 Å². The van der Waals surface area contributed by atoms with E-state index in [1.807, 2.05) is 23.1 Å². The molecule has 0 N–H and O–H groups in total. The Balaban J connectivity index is 1.17. The summed E-state index contributed by atoms with van der Waals surface area (Å²) in [5.41, 5.74) is 2.97. The van der Waals surface area contributed by atoms with Gasteiger partial charge in [-0.15, -0.1) is 0 Å². The van der Waals surface area contributed by atoms with Gasteiger partial charge in [-0.05, 0) is 70.2 Å². The first kappa shape index (κ1) is 24.9. The number of nitrogens with zero attached hydrogens (tertiary/aromatic N) is 4. The maximum absolute atomic E-state index is 15.4. The van der Waals surface area contributed by atoms with Crippen LogP contribution in [0.3, 0.4) is 0 Å². The molecule has 204 valence electrons. The van der Waals surface area contributed by atoms with Crippen LogP contribution in [-0.2, 0) is 14.9 Å². The van der Waals surface area contributed by atoms with E-state index in [1.165, 1.54) is 38.4 Å². The van der Waals surface area contributed by atoms with Crippen molar-refractivity contribution >= 4 is 22.5 Å². The second kappa shape index (κ2) is 10.1. The average molecular weight is 531 g/mol. The molecule has 0 unspecified atom stereocenters. The van der Waals surface area contributed by atoms with E-state index < -0.39 is 5.41 Å². The lowest BCUT2D eigenvalue weighted by molar-refractivity contribution is -0.126. The fourth-order valence-electron chi connectivity index (χ4n) is 6.71. The highest BCUT2D eigenvalue weighted by atomic mass is 19.1. The summed E-state index contributed by atoms with van der Waals surface area (Å²) < 4.78 is 27.0. The summed E-state index contributed by atoms with van der Waals surface area (Å²) in [4.78, 5) is 27.4. The van der Waals surface area contributed by atoms with Crippen LogP contribution in [-0.4, -0.2) is 66.3 Å². The highest BCUT2D eigenvalue weighted by molar-refractivity contribution is 6.13. The predicted molar refractivity (Wildman–Crippen MR) is 148 cm³/mol. The first-order valence-corrected chi connectivity index (χ1v) is 14.5. The second-order valence-corrected chi connectivity index (χ2v) is 11.5. The fraction of sp³-hybridized carbons (Fsp3) is 0.516. The van der Waals surface area contributed by atoms with Crippen LogP contribution in [0, 0.1) is 5.82 Å². The Morgan fingerprint density at radius 1 is 1.05 bits per heavy atom. The van der Waals surface area contributed by atoms with Gasteiger partial charge in [0, 0.05) is 66.2 Å². The lowest BCUT2D eigenvalue weighted by atomic mass is 9.74. The van der Waals surface area contributed by atoms with Gasteiger partial charge in [0.25, 0.3) is 0 Å². The molecule has 1 amide bonds. The molecule has 4 aliphatic rings. The van der Waals surface area contributed by atoms with Crippen LogP contribution in [0.15, 0.2) is 36.7 Å². The third-order valence-electron chi connectivity index (χ3n) is 8.93. The van der Waals surface area contributed by atoms with E-state index in [9.17, 15) is 4.79 Å². The molecule has 7 nitrogen and oxygen atoms in total. The molecule has 1 aromatic carbocycles. The van der Waals surface area contributed by atoms with Crippen molar-refractivity contribution in [3.05, 3.63) is 48.0 Å². The van der Waals surface area contributed by atoms with Crippen molar-refractivity contribution in [3.8, 4) is 17.0 Å². The van der Waals surface area contributed by atoms with E-state index in [1.54, 1.807) is 12.4 Å². The molecule has 3 fully saturated rings. The van der Waals surface area contributed by atoms with E-state index in [2.05, 4.69) is 14.9 Å². The molecule has 1 spiro atoms. The minimum Gasteiger partial charge on any atom is -0.478 e. The van der Waals surface area contributed by atoms with Crippen molar-refractivity contribution in [2.75, 3.05) is 44.4 Å². The number of ether oxygens (including phenoxy) is 2. The van der Waals surface area contributed by atoms with E-state index in [0.717, 1.165) is 42.4 Å². The van der Waals surface area contributed by atoms with Gasteiger partial charge in [0.05, 0.1) is 29.4 Å². The van der Waals surface area contributed by atoms with E-state index in [-0.39, 0.29) is 17.8 Å². The Morgan fingerprint density at radius 2 is 1.87 bits per heavy atom. The zero-order chi connectivity index (χ0) is 26.4. The second-order valence-electron chi connectivity index (χ2n) is 11.5. The molecule has 0 bridgehead atoms. The minimum absolute atomic E-state index is 0.159. The van der Waals surface area contributed by atoms with Gasteiger partial charge in [-0.3, -0.25) is 9.78 Å². The Bertz CT molecular complexity index is 1380. The van der Waals surface area contributed by atoms with Gasteiger partial charge in [0.15, 0.2) is 0 Å². The van der Waals surface area contributed by atoms with Gasteiger partial charge in [0.2, 0.25) is 11.8 Å². The molecule has 39 heavy (non-hydrogen) atoms. The summed E-state index contributed by atoms with van der Waals surface area (Å²) in [6.07, 6.45) is 11.6. The minimum atomic E-state index is -0.628. The van der Waals surface area contributed by atoms with Crippen molar-refractivity contribution in [3.63, 3.8) is 0 Å². The summed E-state index contributed by atoms with van der Waals surface area (Å²) in [6.45, 7) is 5.13. The summed E-state index contributed by atoms with van der Waals surface area (Å²) in [5, 5.41) is 0.848. The van der Waals surface area contributed by atoms with Gasteiger partial charge in [0.1, 0.15) is 5.82 Å². The smallest absolute Gasteiger partial charge is 0.238 e. The van der Waals surface area contributed by atoms with Crippen molar-refractivity contribution in [2.45, 2.75) is 62.8 Å². The van der Waals surface area contributed by atoms with Crippen LogP contribution in [0.2, 0.25) is 0 Å². The lowest BCUT2D eigenvalue weighted by Crippen LogP contribution is -2.44. The summed E-state index contributed by atoms with van der Waals surface area (Å²) in [6, 6.07) is 7.28. The van der Waals surface area contributed by atoms with Crippen LogP contribution >= 0.6 is 0 Å². The third-order valence-corrected chi connectivity index (χ3v) is 8.93. The van der Waals surface area contributed by atoms with Crippen LogP contribution in [0.4, 0.5) is 10.1 Å². The molecule has 2 saturated heterocycles. The Labute approximate surface area is 228 Å². The maximum atomic E-state index is 15.4.